The Hall–Kier alpha value is -3.58. The van der Waals surface area contributed by atoms with Gasteiger partial charge in [0.15, 0.2) is 0 Å². The normalized spacial score (nSPS) is 13.3. The molecule has 1 N–H and O–H groups in total. The van der Waals surface area contributed by atoms with Crippen LogP contribution >= 0.6 is 11.6 Å². The number of nitrogens with zero attached hydrogens (tertiary/aromatic N) is 2. The predicted molar refractivity (Wildman–Crippen MR) is 122 cm³/mol. The molecule has 0 atom stereocenters. The third-order valence-corrected chi connectivity index (χ3v) is 5.48. The van der Waals surface area contributed by atoms with Gasteiger partial charge in [-0.2, -0.15) is 0 Å². The number of nitrogens with one attached hydrogen (secondary N) is 1. The summed E-state index contributed by atoms with van der Waals surface area (Å²) in [6, 6.07) is 17.3. The first-order valence-corrected chi connectivity index (χ1v) is 10.7. The number of hydrogen-bond acceptors (Lipinski definition) is 4. The highest BCUT2D eigenvalue weighted by Crippen LogP contribution is 2.31. The van der Waals surface area contributed by atoms with Crippen molar-refractivity contribution in [1.82, 2.24) is 4.90 Å². The van der Waals surface area contributed by atoms with Gasteiger partial charge in [0.2, 0.25) is 11.8 Å². The summed E-state index contributed by atoms with van der Waals surface area (Å²) >= 11 is 6.32. The summed E-state index contributed by atoms with van der Waals surface area (Å²) in [6.07, 6.45) is 2.72. The van der Waals surface area contributed by atoms with E-state index in [1.165, 1.54) is 11.2 Å². The van der Waals surface area contributed by atoms with E-state index in [1.54, 1.807) is 47.4 Å². The summed E-state index contributed by atoms with van der Waals surface area (Å²) in [7, 11) is 0. The third kappa shape index (κ3) is 5.00. The maximum Gasteiger partial charge on any atom is 0.254 e. The molecule has 32 heavy (non-hydrogen) atoms. The van der Waals surface area contributed by atoms with Gasteiger partial charge >= 0.3 is 0 Å². The Bertz CT molecular complexity index is 1120. The van der Waals surface area contributed by atoms with Crippen molar-refractivity contribution in [3.63, 3.8) is 0 Å². The van der Waals surface area contributed by atoms with E-state index < -0.39 is 0 Å². The number of benzene rings is 2. The number of carbonyl (C=O) groups excluding carboxylic acids is 3. The molecule has 8 heteroatoms. The minimum Gasteiger partial charge on any atom is -0.467 e. The zero-order chi connectivity index (χ0) is 22.5. The van der Waals surface area contributed by atoms with Crippen molar-refractivity contribution >= 4 is 40.7 Å². The molecule has 1 saturated heterocycles. The van der Waals surface area contributed by atoms with Gasteiger partial charge in [0.25, 0.3) is 5.91 Å². The standard InChI is InChI=1S/C24H22ClN3O4/c25-20-11-10-17(14-21(20)28-12-4-9-23(28)30)24(31)27(15-19-8-5-13-32-19)16-22(29)26-18-6-2-1-3-7-18/h1-3,5-8,10-11,13-14H,4,9,12,15-16H2,(H,26,29). The number of rotatable bonds is 7. The Morgan fingerprint density at radius 3 is 2.59 bits per heavy atom. The van der Waals surface area contributed by atoms with Gasteiger partial charge in [0.05, 0.1) is 23.5 Å². The molecule has 1 aliphatic rings. The van der Waals surface area contributed by atoms with Crippen molar-refractivity contribution in [2.75, 3.05) is 23.3 Å². The molecule has 1 aliphatic heterocycles. The monoisotopic (exact) mass is 451 g/mol. The molecular formula is C24H22ClN3O4. The molecule has 0 saturated carbocycles. The van der Waals surface area contributed by atoms with Crippen LogP contribution in [0.5, 0.6) is 0 Å². The van der Waals surface area contributed by atoms with Gasteiger partial charge in [-0.25, -0.2) is 0 Å². The van der Waals surface area contributed by atoms with Crippen molar-refractivity contribution in [3.05, 3.63) is 83.3 Å². The van der Waals surface area contributed by atoms with Crippen molar-refractivity contribution in [3.8, 4) is 0 Å². The second kappa shape index (κ2) is 9.70. The average molecular weight is 452 g/mol. The van der Waals surface area contributed by atoms with Gasteiger partial charge in [-0.3, -0.25) is 14.4 Å². The van der Waals surface area contributed by atoms with E-state index in [4.69, 9.17) is 16.0 Å². The van der Waals surface area contributed by atoms with Gasteiger partial charge in [-0.05, 0) is 48.9 Å². The number of hydrogen-bond donors (Lipinski definition) is 1. The number of anilines is 2. The largest absolute Gasteiger partial charge is 0.467 e. The molecule has 7 nitrogen and oxygen atoms in total. The van der Waals surface area contributed by atoms with Crippen LogP contribution in [0.2, 0.25) is 5.02 Å². The van der Waals surface area contributed by atoms with Crippen LogP contribution in [-0.4, -0.2) is 35.7 Å². The third-order valence-electron chi connectivity index (χ3n) is 5.16. The number of para-hydroxylation sites is 1. The molecule has 2 heterocycles. The lowest BCUT2D eigenvalue weighted by atomic mass is 10.1. The Balaban J connectivity index is 1.57. The van der Waals surface area contributed by atoms with Gasteiger partial charge in [-0.15, -0.1) is 0 Å². The fourth-order valence-corrected chi connectivity index (χ4v) is 3.84. The van der Waals surface area contributed by atoms with E-state index >= 15 is 0 Å². The van der Waals surface area contributed by atoms with Crippen LogP contribution in [0, 0.1) is 0 Å². The molecule has 0 spiro atoms. The molecule has 0 bridgehead atoms. The smallest absolute Gasteiger partial charge is 0.254 e. The Labute approximate surface area is 190 Å². The fraction of sp³-hybridized carbons (Fsp3) is 0.208. The van der Waals surface area contributed by atoms with Gasteiger partial charge in [0.1, 0.15) is 12.3 Å². The summed E-state index contributed by atoms with van der Waals surface area (Å²) in [6.45, 7) is 0.509. The predicted octanol–water partition coefficient (Wildman–Crippen LogP) is 4.34. The highest BCUT2D eigenvalue weighted by atomic mass is 35.5. The number of halogens is 1. The van der Waals surface area contributed by atoms with Crippen LogP contribution < -0.4 is 10.2 Å². The van der Waals surface area contributed by atoms with E-state index in [0.717, 1.165) is 6.42 Å². The molecule has 164 valence electrons. The van der Waals surface area contributed by atoms with Crippen LogP contribution in [-0.2, 0) is 16.1 Å². The van der Waals surface area contributed by atoms with Crippen molar-refractivity contribution in [2.45, 2.75) is 19.4 Å². The molecule has 0 radical (unpaired) electrons. The second-order valence-corrected chi connectivity index (χ2v) is 7.88. The lowest BCUT2D eigenvalue weighted by Gasteiger charge is -2.23. The summed E-state index contributed by atoms with van der Waals surface area (Å²) in [5.41, 5.74) is 1.49. The fourth-order valence-electron chi connectivity index (χ4n) is 3.62. The minimum atomic E-state index is -0.367. The zero-order valence-corrected chi connectivity index (χ0v) is 18.0. The summed E-state index contributed by atoms with van der Waals surface area (Å²) < 4.78 is 5.39. The highest BCUT2D eigenvalue weighted by Gasteiger charge is 2.26. The SMILES string of the molecule is O=C(CN(Cc1ccco1)C(=O)c1ccc(Cl)c(N2CCCC2=O)c1)Nc1ccccc1. The molecule has 3 aromatic rings. The lowest BCUT2D eigenvalue weighted by Crippen LogP contribution is -2.37. The number of carbonyl (C=O) groups is 3. The molecule has 4 rings (SSSR count). The Kier molecular flexibility index (Phi) is 6.56. The molecular weight excluding hydrogens is 430 g/mol. The maximum atomic E-state index is 13.4. The zero-order valence-electron chi connectivity index (χ0n) is 17.3. The Morgan fingerprint density at radius 2 is 1.91 bits per heavy atom. The first-order chi connectivity index (χ1) is 15.5. The quantitative estimate of drug-likeness (QED) is 0.579. The number of furan rings is 1. The van der Waals surface area contributed by atoms with E-state index in [-0.39, 0.29) is 30.8 Å². The molecule has 3 amide bonds. The van der Waals surface area contributed by atoms with Crippen molar-refractivity contribution in [2.24, 2.45) is 0 Å². The molecule has 1 fully saturated rings. The Morgan fingerprint density at radius 1 is 1.09 bits per heavy atom. The summed E-state index contributed by atoms with van der Waals surface area (Å²) in [5, 5.41) is 3.19. The maximum absolute atomic E-state index is 13.4. The lowest BCUT2D eigenvalue weighted by molar-refractivity contribution is -0.117. The van der Waals surface area contributed by atoms with Gasteiger partial charge in [-0.1, -0.05) is 29.8 Å². The van der Waals surface area contributed by atoms with Crippen LogP contribution in [0.25, 0.3) is 0 Å². The van der Waals surface area contributed by atoms with E-state index in [9.17, 15) is 14.4 Å². The van der Waals surface area contributed by atoms with Crippen LogP contribution in [0.1, 0.15) is 29.0 Å². The minimum absolute atomic E-state index is 0.0221. The second-order valence-electron chi connectivity index (χ2n) is 7.47. The van der Waals surface area contributed by atoms with Crippen molar-refractivity contribution in [1.29, 1.82) is 0 Å². The van der Waals surface area contributed by atoms with Crippen LogP contribution in [0.15, 0.2) is 71.3 Å². The molecule has 2 aromatic carbocycles. The van der Waals surface area contributed by atoms with E-state index in [2.05, 4.69) is 5.32 Å². The van der Waals surface area contributed by atoms with E-state index in [0.29, 0.717) is 40.7 Å². The van der Waals surface area contributed by atoms with Crippen molar-refractivity contribution < 1.29 is 18.8 Å². The highest BCUT2D eigenvalue weighted by molar-refractivity contribution is 6.34. The number of amides is 3. The first-order valence-electron chi connectivity index (χ1n) is 10.3. The van der Waals surface area contributed by atoms with Crippen LogP contribution in [0.4, 0.5) is 11.4 Å². The topological polar surface area (TPSA) is 82.9 Å². The van der Waals surface area contributed by atoms with Gasteiger partial charge < -0.3 is 19.5 Å². The summed E-state index contributed by atoms with van der Waals surface area (Å²) in [4.78, 5) is 41.2. The molecule has 0 aliphatic carbocycles. The van der Waals surface area contributed by atoms with Gasteiger partial charge in [0, 0.05) is 24.2 Å². The average Bonchev–Trinajstić information content (AvgIpc) is 3.45. The summed E-state index contributed by atoms with van der Waals surface area (Å²) in [5.74, 6) is -0.171. The molecule has 0 unspecified atom stereocenters. The van der Waals surface area contributed by atoms with E-state index in [1.807, 2.05) is 18.2 Å². The molecule has 1 aromatic heterocycles. The first kappa shape index (κ1) is 21.6. The van der Waals surface area contributed by atoms with Crippen LogP contribution in [0.3, 0.4) is 0 Å².